The van der Waals surface area contributed by atoms with Crippen molar-refractivity contribution in [2.45, 2.75) is 6.54 Å². The number of allylic oxidation sites excluding steroid dienone is 1. The van der Waals surface area contributed by atoms with E-state index in [1.165, 1.54) is 5.56 Å². The van der Waals surface area contributed by atoms with Crippen LogP contribution in [0.4, 0.5) is 0 Å². The number of fused-ring (bicyclic) bond motifs is 1. The molecular formula is C18H16N2. The van der Waals surface area contributed by atoms with Crippen molar-refractivity contribution in [1.82, 2.24) is 9.55 Å². The first-order valence-electron chi connectivity index (χ1n) is 6.68. The van der Waals surface area contributed by atoms with E-state index in [1.54, 1.807) is 0 Å². The second-order valence-electron chi connectivity index (χ2n) is 4.60. The molecule has 0 unspecified atom stereocenters. The molecule has 0 bridgehead atoms. The van der Waals surface area contributed by atoms with Gasteiger partial charge in [0.05, 0.1) is 11.0 Å². The number of aromatic nitrogens is 2. The number of benzene rings is 2. The van der Waals surface area contributed by atoms with Gasteiger partial charge in [-0.05, 0) is 23.8 Å². The topological polar surface area (TPSA) is 17.8 Å². The van der Waals surface area contributed by atoms with Crippen molar-refractivity contribution in [3.05, 3.63) is 78.6 Å². The van der Waals surface area contributed by atoms with Crippen molar-refractivity contribution in [2.24, 2.45) is 0 Å². The van der Waals surface area contributed by atoms with Gasteiger partial charge in [-0.15, -0.1) is 6.58 Å². The summed E-state index contributed by atoms with van der Waals surface area (Å²) in [5.74, 6) is 0.954. The fraction of sp³-hybridized carbons (Fsp3) is 0.0556. The first-order chi connectivity index (χ1) is 9.88. The molecule has 0 amide bonds. The second kappa shape index (κ2) is 5.57. The van der Waals surface area contributed by atoms with Crippen molar-refractivity contribution in [1.29, 1.82) is 0 Å². The molecule has 0 saturated carbocycles. The summed E-state index contributed by atoms with van der Waals surface area (Å²) in [6.07, 6.45) is 6.04. The highest BCUT2D eigenvalue weighted by atomic mass is 15.1. The summed E-state index contributed by atoms with van der Waals surface area (Å²) in [5, 5.41) is 0. The Balaban J connectivity index is 2.04. The Morgan fingerprint density at radius 1 is 0.950 bits per heavy atom. The normalized spacial score (nSPS) is 11.2. The molecule has 2 aromatic carbocycles. The summed E-state index contributed by atoms with van der Waals surface area (Å²) in [6, 6.07) is 18.4. The molecule has 3 aromatic rings. The molecule has 0 aliphatic rings. The lowest BCUT2D eigenvalue weighted by molar-refractivity contribution is 0.839. The van der Waals surface area contributed by atoms with Crippen molar-refractivity contribution >= 4 is 23.2 Å². The van der Waals surface area contributed by atoms with Crippen molar-refractivity contribution in [3.8, 4) is 0 Å². The van der Waals surface area contributed by atoms with Crippen molar-refractivity contribution in [2.75, 3.05) is 0 Å². The third kappa shape index (κ3) is 2.41. The molecular weight excluding hydrogens is 244 g/mol. The van der Waals surface area contributed by atoms with E-state index >= 15 is 0 Å². The molecule has 0 aliphatic heterocycles. The van der Waals surface area contributed by atoms with E-state index in [0.717, 1.165) is 23.4 Å². The molecule has 0 spiro atoms. The third-order valence-corrected chi connectivity index (χ3v) is 3.22. The van der Waals surface area contributed by atoms with Crippen LogP contribution in [0, 0.1) is 0 Å². The van der Waals surface area contributed by atoms with Gasteiger partial charge in [0.2, 0.25) is 0 Å². The van der Waals surface area contributed by atoms with E-state index in [0.29, 0.717) is 0 Å². The van der Waals surface area contributed by atoms with E-state index in [1.807, 2.05) is 42.5 Å². The lowest BCUT2D eigenvalue weighted by Crippen LogP contribution is -1.97. The number of para-hydroxylation sites is 2. The first-order valence-corrected chi connectivity index (χ1v) is 6.68. The minimum atomic E-state index is 0.759. The Bertz CT molecular complexity index is 751. The van der Waals surface area contributed by atoms with Crippen LogP contribution < -0.4 is 0 Å². The smallest absolute Gasteiger partial charge is 0.134 e. The Labute approximate surface area is 118 Å². The maximum absolute atomic E-state index is 4.67. The maximum atomic E-state index is 4.67. The van der Waals surface area contributed by atoms with Crippen LogP contribution in [0.2, 0.25) is 0 Å². The predicted octanol–water partition coefficient (Wildman–Crippen LogP) is 4.39. The van der Waals surface area contributed by atoms with Crippen LogP contribution in [0.5, 0.6) is 0 Å². The SMILES string of the molecule is C=CCn1c(C=Cc2ccccc2)nc2ccccc21. The molecule has 0 radical (unpaired) electrons. The Kier molecular flexibility index (Phi) is 3.46. The predicted molar refractivity (Wildman–Crippen MR) is 85.3 cm³/mol. The Morgan fingerprint density at radius 2 is 1.70 bits per heavy atom. The van der Waals surface area contributed by atoms with Crippen LogP contribution in [0.1, 0.15) is 11.4 Å². The second-order valence-corrected chi connectivity index (χ2v) is 4.60. The molecule has 1 heterocycles. The van der Waals surface area contributed by atoms with Gasteiger partial charge in [-0.1, -0.05) is 54.6 Å². The van der Waals surface area contributed by atoms with Gasteiger partial charge in [0.25, 0.3) is 0 Å². The molecule has 0 aliphatic carbocycles. The zero-order chi connectivity index (χ0) is 13.8. The molecule has 3 rings (SSSR count). The van der Waals surface area contributed by atoms with Crippen molar-refractivity contribution < 1.29 is 0 Å². The van der Waals surface area contributed by atoms with Gasteiger partial charge in [0.1, 0.15) is 5.82 Å². The van der Waals surface area contributed by atoms with Gasteiger partial charge in [0, 0.05) is 6.54 Å². The quantitative estimate of drug-likeness (QED) is 0.636. The standard InChI is InChI=1S/C18H16N2/c1-2-14-20-17-11-7-6-10-16(17)19-18(20)13-12-15-8-4-3-5-9-15/h2-13H,1,14H2. The van der Waals surface area contributed by atoms with E-state index in [9.17, 15) is 0 Å². The minimum absolute atomic E-state index is 0.759. The largest absolute Gasteiger partial charge is 0.321 e. The Hall–Kier alpha value is -2.61. The fourth-order valence-corrected chi connectivity index (χ4v) is 2.28. The maximum Gasteiger partial charge on any atom is 0.134 e. The number of hydrogen-bond acceptors (Lipinski definition) is 1. The van der Waals surface area contributed by atoms with Gasteiger partial charge < -0.3 is 4.57 Å². The van der Waals surface area contributed by atoms with Gasteiger partial charge >= 0.3 is 0 Å². The summed E-state index contributed by atoms with van der Waals surface area (Å²) < 4.78 is 2.17. The summed E-state index contributed by atoms with van der Waals surface area (Å²) in [5.41, 5.74) is 3.33. The van der Waals surface area contributed by atoms with Crippen LogP contribution in [0.3, 0.4) is 0 Å². The van der Waals surface area contributed by atoms with Gasteiger partial charge in [-0.3, -0.25) is 0 Å². The zero-order valence-electron chi connectivity index (χ0n) is 11.2. The van der Waals surface area contributed by atoms with E-state index in [2.05, 4.69) is 46.5 Å². The monoisotopic (exact) mass is 260 g/mol. The van der Waals surface area contributed by atoms with Crippen LogP contribution in [0.15, 0.2) is 67.3 Å². The number of nitrogens with zero attached hydrogens (tertiary/aromatic N) is 2. The summed E-state index contributed by atoms with van der Waals surface area (Å²) in [4.78, 5) is 4.67. The summed E-state index contributed by atoms with van der Waals surface area (Å²) in [6.45, 7) is 4.59. The lowest BCUT2D eigenvalue weighted by atomic mass is 10.2. The first kappa shape index (κ1) is 12.4. The van der Waals surface area contributed by atoms with Crippen LogP contribution >= 0.6 is 0 Å². The molecule has 0 fully saturated rings. The van der Waals surface area contributed by atoms with Gasteiger partial charge in [0.15, 0.2) is 0 Å². The molecule has 98 valence electrons. The van der Waals surface area contributed by atoms with E-state index in [4.69, 9.17) is 0 Å². The Morgan fingerprint density at radius 3 is 2.50 bits per heavy atom. The highest BCUT2D eigenvalue weighted by Gasteiger charge is 2.06. The fourth-order valence-electron chi connectivity index (χ4n) is 2.28. The molecule has 1 aromatic heterocycles. The molecule has 0 atom stereocenters. The lowest BCUT2D eigenvalue weighted by Gasteiger charge is -2.02. The molecule has 0 saturated heterocycles. The molecule has 2 heteroatoms. The molecule has 2 nitrogen and oxygen atoms in total. The average Bonchev–Trinajstić information content (AvgIpc) is 2.85. The minimum Gasteiger partial charge on any atom is -0.321 e. The van der Waals surface area contributed by atoms with Crippen LogP contribution in [0.25, 0.3) is 23.2 Å². The highest BCUT2D eigenvalue weighted by molar-refractivity contribution is 5.79. The van der Waals surface area contributed by atoms with E-state index in [-0.39, 0.29) is 0 Å². The van der Waals surface area contributed by atoms with E-state index < -0.39 is 0 Å². The van der Waals surface area contributed by atoms with Crippen LogP contribution in [-0.4, -0.2) is 9.55 Å². The molecule has 0 N–H and O–H groups in total. The molecule has 20 heavy (non-hydrogen) atoms. The zero-order valence-corrected chi connectivity index (χ0v) is 11.2. The highest BCUT2D eigenvalue weighted by Crippen LogP contribution is 2.18. The third-order valence-electron chi connectivity index (χ3n) is 3.22. The van der Waals surface area contributed by atoms with Gasteiger partial charge in [-0.25, -0.2) is 4.98 Å². The number of rotatable bonds is 4. The number of hydrogen-bond donors (Lipinski definition) is 0. The summed E-state index contributed by atoms with van der Waals surface area (Å²) >= 11 is 0. The van der Waals surface area contributed by atoms with Crippen LogP contribution in [-0.2, 0) is 6.54 Å². The average molecular weight is 260 g/mol. The van der Waals surface area contributed by atoms with Crippen molar-refractivity contribution in [3.63, 3.8) is 0 Å². The summed E-state index contributed by atoms with van der Waals surface area (Å²) in [7, 11) is 0. The van der Waals surface area contributed by atoms with Gasteiger partial charge in [-0.2, -0.15) is 0 Å². The number of imidazole rings is 1.